The lowest BCUT2D eigenvalue weighted by Crippen LogP contribution is -2.04. The first-order valence-electron chi connectivity index (χ1n) is 4.81. The van der Waals surface area contributed by atoms with Crippen molar-refractivity contribution in [3.8, 4) is 0 Å². The molecule has 1 atom stereocenters. The summed E-state index contributed by atoms with van der Waals surface area (Å²) in [5.74, 6) is -1.40. The summed E-state index contributed by atoms with van der Waals surface area (Å²) in [5.41, 5.74) is 0.846. The average molecular weight is 224 g/mol. The molecule has 2 aromatic rings. The molecule has 84 valence electrons. The minimum absolute atomic E-state index is 0.0857. The van der Waals surface area contributed by atoms with Crippen LogP contribution in [-0.4, -0.2) is 5.11 Å². The monoisotopic (exact) mass is 224 g/mol. The Morgan fingerprint density at radius 3 is 2.69 bits per heavy atom. The van der Waals surface area contributed by atoms with Crippen molar-refractivity contribution in [2.75, 3.05) is 0 Å². The van der Waals surface area contributed by atoms with E-state index >= 15 is 0 Å². The van der Waals surface area contributed by atoms with E-state index in [1.54, 1.807) is 6.07 Å². The van der Waals surface area contributed by atoms with Gasteiger partial charge in [-0.05, 0) is 17.7 Å². The lowest BCUT2D eigenvalue weighted by molar-refractivity contribution is 0.173. The molecule has 0 fully saturated rings. The third kappa shape index (κ3) is 2.28. The third-order valence-corrected chi connectivity index (χ3v) is 2.33. The molecular formula is C12H10F2O2. The second kappa shape index (κ2) is 4.45. The molecule has 0 aliphatic carbocycles. The Morgan fingerprint density at radius 2 is 2.06 bits per heavy atom. The van der Waals surface area contributed by atoms with Crippen LogP contribution >= 0.6 is 0 Å². The highest BCUT2D eigenvalue weighted by Crippen LogP contribution is 2.21. The van der Waals surface area contributed by atoms with Gasteiger partial charge in [0.25, 0.3) is 0 Å². The summed E-state index contributed by atoms with van der Waals surface area (Å²) < 4.78 is 30.8. The highest BCUT2D eigenvalue weighted by molar-refractivity contribution is 5.23. The average Bonchev–Trinajstić information content (AvgIpc) is 2.70. The zero-order valence-electron chi connectivity index (χ0n) is 8.36. The number of aliphatic hydroxyl groups excluding tert-OH is 1. The van der Waals surface area contributed by atoms with Crippen molar-refractivity contribution in [3.63, 3.8) is 0 Å². The minimum Gasteiger partial charge on any atom is -0.472 e. The maximum Gasteiger partial charge on any atom is 0.131 e. The van der Waals surface area contributed by atoms with Crippen molar-refractivity contribution in [2.45, 2.75) is 12.5 Å². The first kappa shape index (κ1) is 10.8. The molecule has 4 heteroatoms. The van der Waals surface area contributed by atoms with Crippen LogP contribution in [0, 0.1) is 11.6 Å². The lowest BCUT2D eigenvalue weighted by Gasteiger charge is -2.10. The van der Waals surface area contributed by atoms with E-state index in [-0.39, 0.29) is 12.0 Å². The molecule has 1 aromatic carbocycles. The Balaban J connectivity index is 2.17. The molecule has 2 rings (SSSR count). The first-order chi connectivity index (χ1) is 7.66. The second-order valence-corrected chi connectivity index (χ2v) is 3.52. The molecule has 0 bridgehead atoms. The number of aliphatic hydroxyl groups is 1. The van der Waals surface area contributed by atoms with E-state index in [2.05, 4.69) is 0 Å². The zero-order valence-corrected chi connectivity index (χ0v) is 8.36. The molecule has 0 spiro atoms. The van der Waals surface area contributed by atoms with E-state index in [9.17, 15) is 13.9 Å². The zero-order chi connectivity index (χ0) is 11.5. The number of rotatable bonds is 3. The van der Waals surface area contributed by atoms with E-state index in [0.717, 1.165) is 17.7 Å². The fraction of sp³-hybridized carbons (Fsp3) is 0.167. The molecular weight excluding hydrogens is 214 g/mol. The van der Waals surface area contributed by atoms with Gasteiger partial charge in [-0.15, -0.1) is 0 Å². The summed E-state index contributed by atoms with van der Waals surface area (Å²) in [6.45, 7) is 0. The largest absolute Gasteiger partial charge is 0.472 e. The molecule has 0 saturated heterocycles. The molecule has 16 heavy (non-hydrogen) atoms. The van der Waals surface area contributed by atoms with Crippen LogP contribution in [0.1, 0.15) is 17.2 Å². The maximum absolute atomic E-state index is 13.3. The van der Waals surface area contributed by atoms with Gasteiger partial charge in [0.15, 0.2) is 0 Å². The van der Waals surface area contributed by atoms with Gasteiger partial charge < -0.3 is 9.52 Å². The van der Waals surface area contributed by atoms with Crippen LogP contribution in [-0.2, 0) is 6.42 Å². The van der Waals surface area contributed by atoms with Gasteiger partial charge in [-0.2, -0.15) is 0 Å². The number of hydrogen-bond acceptors (Lipinski definition) is 2. The van der Waals surface area contributed by atoms with Crippen molar-refractivity contribution in [1.82, 2.24) is 0 Å². The fourth-order valence-electron chi connectivity index (χ4n) is 1.51. The molecule has 1 N–H and O–H groups in total. The van der Waals surface area contributed by atoms with Gasteiger partial charge in [0.05, 0.1) is 18.6 Å². The topological polar surface area (TPSA) is 33.4 Å². The summed E-state index contributed by atoms with van der Waals surface area (Å²) in [4.78, 5) is 0. The molecule has 1 aromatic heterocycles. The van der Waals surface area contributed by atoms with Gasteiger partial charge in [0.2, 0.25) is 0 Å². The summed E-state index contributed by atoms with van der Waals surface area (Å²) in [5, 5.41) is 9.76. The Hall–Kier alpha value is -1.68. The van der Waals surface area contributed by atoms with Gasteiger partial charge >= 0.3 is 0 Å². The van der Waals surface area contributed by atoms with Crippen LogP contribution in [0.4, 0.5) is 8.78 Å². The van der Waals surface area contributed by atoms with Crippen molar-refractivity contribution in [3.05, 3.63) is 59.6 Å². The van der Waals surface area contributed by atoms with E-state index in [4.69, 9.17) is 4.42 Å². The number of furan rings is 1. The number of hydrogen-bond donors (Lipinski definition) is 1. The van der Waals surface area contributed by atoms with Crippen LogP contribution in [0.3, 0.4) is 0 Å². The van der Waals surface area contributed by atoms with E-state index < -0.39 is 17.7 Å². The molecule has 0 amide bonds. The van der Waals surface area contributed by atoms with E-state index in [1.165, 1.54) is 18.6 Å². The lowest BCUT2D eigenvalue weighted by atomic mass is 10.0. The van der Waals surface area contributed by atoms with Gasteiger partial charge in [0.1, 0.15) is 11.6 Å². The van der Waals surface area contributed by atoms with Crippen LogP contribution in [0.5, 0.6) is 0 Å². The summed E-state index contributed by atoms with van der Waals surface area (Å²) in [7, 11) is 0. The molecule has 1 heterocycles. The summed E-state index contributed by atoms with van der Waals surface area (Å²) >= 11 is 0. The van der Waals surface area contributed by atoms with Crippen LogP contribution in [0.25, 0.3) is 0 Å². The van der Waals surface area contributed by atoms with E-state index in [1.807, 2.05) is 0 Å². The standard InChI is InChI=1S/C12H10F2O2/c13-9-1-2-10(11(14)6-9)12(15)5-8-3-4-16-7-8/h1-4,6-7,12,15H,5H2. The summed E-state index contributed by atoms with van der Waals surface area (Å²) in [6.07, 6.45) is 2.19. The summed E-state index contributed by atoms with van der Waals surface area (Å²) in [6, 6.07) is 4.81. The highest BCUT2D eigenvalue weighted by atomic mass is 19.1. The van der Waals surface area contributed by atoms with Crippen LogP contribution in [0.15, 0.2) is 41.2 Å². The predicted octanol–water partition coefficient (Wildman–Crippen LogP) is 2.83. The predicted molar refractivity (Wildman–Crippen MR) is 53.7 cm³/mol. The normalized spacial score (nSPS) is 12.7. The Morgan fingerprint density at radius 1 is 1.25 bits per heavy atom. The SMILES string of the molecule is OC(Cc1ccoc1)c1ccc(F)cc1F. The van der Waals surface area contributed by atoms with Crippen molar-refractivity contribution < 1.29 is 18.3 Å². The molecule has 0 aliphatic heterocycles. The van der Waals surface area contributed by atoms with Crippen molar-refractivity contribution in [2.24, 2.45) is 0 Å². The molecule has 2 nitrogen and oxygen atoms in total. The molecule has 1 unspecified atom stereocenters. The van der Waals surface area contributed by atoms with Gasteiger partial charge in [0, 0.05) is 18.1 Å². The molecule has 0 radical (unpaired) electrons. The van der Waals surface area contributed by atoms with Crippen molar-refractivity contribution in [1.29, 1.82) is 0 Å². The molecule has 0 saturated carbocycles. The Bertz CT molecular complexity index is 466. The van der Waals surface area contributed by atoms with Gasteiger partial charge in [-0.3, -0.25) is 0 Å². The quantitative estimate of drug-likeness (QED) is 0.869. The van der Waals surface area contributed by atoms with Crippen LogP contribution < -0.4 is 0 Å². The minimum atomic E-state index is -1.00. The highest BCUT2D eigenvalue weighted by Gasteiger charge is 2.14. The van der Waals surface area contributed by atoms with Crippen LogP contribution in [0.2, 0.25) is 0 Å². The van der Waals surface area contributed by atoms with Gasteiger partial charge in [-0.1, -0.05) is 6.07 Å². The fourth-order valence-corrected chi connectivity index (χ4v) is 1.51. The van der Waals surface area contributed by atoms with Gasteiger partial charge in [-0.25, -0.2) is 8.78 Å². The third-order valence-electron chi connectivity index (χ3n) is 2.33. The number of benzene rings is 1. The Kier molecular flexibility index (Phi) is 3.01. The second-order valence-electron chi connectivity index (χ2n) is 3.52. The van der Waals surface area contributed by atoms with Crippen molar-refractivity contribution >= 4 is 0 Å². The smallest absolute Gasteiger partial charge is 0.131 e. The Labute approximate surface area is 91.1 Å². The molecule has 0 aliphatic rings. The maximum atomic E-state index is 13.3. The number of halogens is 2. The van der Waals surface area contributed by atoms with E-state index in [0.29, 0.717) is 0 Å². The first-order valence-corrected chi connectivity index (χ1v) is 4.81.